The fraction of sp³-hybridized carbons (Fsp3) is 0.200. The number of aromatic nitrogens is 2. The van der Waals surface area contributed by atoms with Gasteiger partial charge in [-0.05, 0) is 12.0 Å². The Morgan fingerprint density at radius 2 is 2.20 bits per heavy atom. The van der Waals surface area contributed by atoms with Crippen molar-refractivity contribution in [1.29, 1.82) is 0 Å². The molecule has 0 saturated carbocycles. The van der Waals surface area contributed by atoms with Gasteiger partial charge in [0.2, 0.25) is 5.91 Å². The van der Waals surface area contributed by atoms with Crippen molar-refractivity contribution in [3.05, 3.63) is 60.9 Å². The number of anilines is 1. The number of amides is 1. The van der Waals surface area contributed by atoms with Crippen molar-refractivity contribution in [2.45, 2.75) is 19.0 Å². The second kappa shape index (κ2) is 6.68. The highest BCUT2D eigenvalue weighted by atomic mass is 16.2. The lowest BCUT2D eigenvalue weighted by Crippen LogP contribution is -2.34. The summed E-state index contributed by atoms with van der Waals surface area (Å²) < 4.78 is 1.77. The number of nitrogens with two attached hydrogens (primary N) is 1. The Bertz CT molecular complexity index is 577. The second-order valence-corrected chi connectivity index (χ2v) is 4.53. The maximum absolute atomic E-state index is 11.7. The molecule has 2 aromatic rings. The summed E-state index contributed by atoms with van der Waals surface area (Å²) in [6.45, 7) is 4.23. The average molecular weight is 270 g/mol. The van der Waals surface area contributed by atoms with Crippen LogP contribution in [0, 0.1) is 0 Å². The van der Waals surface area contributed by atoms with Gasteiger partial charge in [-0.15, -0.1) is 6.58 Å². The van der Waals surface area contributed by atoms with Crippen LogP contribution in [0.4, 0.5) is 5.69 Å². The average Bonchev–Trinajstić information content (AvgIpc) is 2.87. The number of carbonyl (C=O) groups excluding carboxylic acids is 1. The van der Waals surface area contributed by atoms with Gasteiger partial charge in [0.15, 0.2) is 0 Å². The van der Waals surface area contributed by atoms with E-state index < -0.39 is 6.04 Å². The third kappa shape index (κ3) is 3.80. The highest BCUT2D eigenvalue weighted by Crippen LogP contribution is 2.08. The van der Waals surface area contributed by atoms with E-state index in [1.54, 1.807) is 23.2 Å². The van der Waals surface area contributed by atoms with Crippen molar-refractivity contribution >= 4 is 11.6 Å². The van der Waals surface area contributed by atoms with Gasteiger partial charge < -0.3 is 11.1 Å². The van der Waals surface area contributed by atoms with Crippen LogP contribution in [-0.2, 0) is 11.3 Å². The number of benzene rings is 1. The molecule has 1 aromatic heterocycles. The van der Waals surface area contributed by atoms with Crippen molar-refractivity contribution in [3.8, 4) is 0 Å². The van der Waals surface area contributed by atoms with Crippen molar-refractivity contribution in [2.75, 3.05) is 5.32 Å². The first-order chi connectivity index (χ1) is 9.69. The first-order valence-electron chi connectivity index (χ1n) is 6.43. The monoisotopic (exact) mass is 270 g/mol. The van der Waals surface area contributed by atoms with Crippen LogP contribution in [-0.4, -0.2) is 21.7 Å². The Balaban J connectivity index is 1.95. The molecule has 0 aliphatic rings. The van der Waals surface area contributed by atoms with Gasteiger partial charge in [0.05, 0.1) is 24.5 Å². The number of rotatable bonds is 6. The van der Waals surface area contributed by atoms with Crippen LogP contribution in [0.1, 0.15) is 12.0 Å². The predicted octanol–water partition coefficient (Wildman–Crippen LogP) is 1.77. The maximum Gasteiger partial charge on any atom is 0.241 e. The fourth-order valence-electron chi connectivity index (χ4n) is 1.81. The second-order valence-electron chi connectivity index (χ2n) is 4.53. The standard InChI is InChI=1S/C15H18N4O/c1-2-6-14(16)15(20)18-13-9-17-19(11-13)10-12-7-4-3-5-8-12/h2-5,7-9,11,14H,1,6,10,16H2,(H,18,20). The van der Waals surface area contributed by atoms with Gasteiger partial charge in [-0.2, -0.15) is 5.10 Å². The third-order valence-electron chi connectivity index (χ3n) is 2.85. The van der Waals surface area contributed by atoms with E-state index in [1.165, 1.54) is 0 Å². The van der Waals surface area contributed by atoms with E-state index in [9.17, 15) is 4.79 Å². The smallest absolute Gasteiger partial charge is 0.241 e. The van der Waals surface area contributed by atoms with Crippen LogP contribution in [0.15, 0.2) is 55.4 Å². The number of hydrogen-bond donors (Lipinski definition) is 2. The van der Waals surface area contributed by atoms with E-state index in [-0.39, 0.29) is 5.91 Å². The Morgan fingerprint density at radius 1 is 1.45 bits per heavy atom. The third-order valence-corrected chi connectivity index (χ3v) is 2.85. The molecule has 0 saturated heterocycles. The molecular formula is C15H18N4O. The lowest BCUT2D eigenvalue weighted by atomic mass is 10.2. The lowest BCUT2D eigenvalue weighted by molar-refractivity contribution is -0.117. The van der Waals surface area contributed by atoms with Crippen LogP contribution in [0.5, 0.6) is 0 Å². The number of hydrogen-bond acceptors (Lipinski definition) is 3. The van der Waals surface area contributed by atoms with Crippen LogP contribution < -0.4 is 11.1 Å². The normalized spacial score (nSPS) is 11.8. The van der Waals surface area contributed by atoms with E-state index in [1.807, 2.05) is 30.3 Å². The van der Waals surface area contributed by atoms with Gasteiger partial charge in [-0.1, -0.05) is 36.4 Å². The predicted molar refractivity (Wildman–Crippen MR) is 79.2 cm³/mol. The topological polar surface area (TPSA) is 72.9 Å². The molecule has 1 unspecified atom stereocenters. The summed E-state index contributed by atoms with van der Waals surface area (Å²) in [4.78, 5) is 11.7. The highest BCUT2D eigenvalue weighted by molar-refractivity contribution is 5.94. The molecule has 1 atom stereocenters. The molecular weight excluding hydrogens is 252 g/mol. The summed E-state index contributed by atoms with van der Waals surface area (Å²) in [6.07, 6.45) is 5.47. The van der Waals surface area contributed by atoms with E-state index >= 15 is 0 Å². The molecule has 3 N–H and O–H groups in total. The minimum absolute atomic E-state index is 0.232. The molecule has 2 rings (SSSR count). The van der Waals surface area contributed by atoms with Gasteiger partial charge in [0.1, 0.15) is 0 Å². The SMILES string of the molecule is C=CCC(N)C(=O)Nc1cnn(Cc2ccccc2)c1. The van der Waals surface area contributed by atoms with Crippen LogP contribution in [0.25, 0.3) is 0 Å². The van der Waals surface area contributed by atoms with Gasteiger partial charge >= 0.3 is 0 Å². The maximum atomic E-state index is 11.7. The molecule has 5 heteroatoms. The molecule has 0 aliphatic carbocycles. The molecule has 104 valence electrons. The first kappa shape index (κ1) is 14.0. The molecule has 1 aromatic carbocycles. The van der Waals surface area contributed by atoms with Crippen LogP contribution in [0.2, 0.25) is 0 Å². The summed E-state index contributed by atoms with van der Waals surface area (Å²) >= 11 is 0. The van der Waals surface area contributed by atoms with E-state index in [4.69, 9.17) is 5.73 Å². The Morgan fingerprint density at radius 3 is 2.90 bits per heavy atom. The zero-order valence-corrected chi connectivity index (χ0v) is 11.2. The van der Waals surface area contributed by atoms with Crippen molar-refractivity contribution in [2.24, 2.45) is 5.73 Å². The van der Waals surface area contributed by atoms with Crippen molar-refractivity contribution in [1.82, 2.24) is 9.78 Å². The van der Waals surface area contributed by atoms with Crippen molar-refractivity contribution < 1.29 is 4.79 Å². The highest BCUT2D eigenvalue weighted by Gasteiger charge is 2.12. The molecule has 0 spiro atoms. The summed E-state index contributed by atoms with van der Waals surface area (Å²) in [6, 6.07) is 9.41. The van der Waals surface area contributed by atoms with E-state index in [0.717, 1.165) is 5.56 Å². The number of nitrogens with zero attached hydrogens (tertiary/aromatic N) is 2. The molecule has 5 nitrogen and oxygen atoms in total. The van der Waals surface area contributed by atoms with E-state index in [2.05, 4.69) is 17.0 Å². The summed E-state index contributed by atoms with van der Waals surface area (Å²) in [5.41, 5.74) is 7.49. The molecule has 0 bridgehead atoms. The summed E-state index contributed by atoms with van der Waals surface area (Å²) in [5, 5.41) is 6.95. The quantitative estimate of drug-likeness (QED) is 0.786. The minimum Gasteiger partial charge on any atom is -0.322 e. The molecule has 0 radical (unpaired) electrons. The Kier molecular flexibility index (Phi) is 4.68. The number of nitrogens with one attached hydrogen (secondary N) is 1. The molecule has 1 heterocycles. The Labute approximate surface area is 118 Å². The van der Waals surface area contributed by atoms with Gasteiger partial charge in [0.25, 0.3) is 0 Å². The Hall–Kier alpha value is -2.40. The zero-order chi connectivity index (χ0) is 14.4. The largest absolute Gasteiger partial charge is 0.322 e. The zero-order valence-electron chi connectivity index (χ0n) is 11.2. The van der Waals surface area contributed by atoms with Crippen LogP contribution >= 0.6 is 0 Å². The van der Waals surface area contributed by atoms with E-state index in [0.29, 0.717) is 18.7 Å². The first-order valence-corrected chi connectivity index (χ1v) is 6.43. The molecule has 0 aliphatic heterocycles. The number of carbonyl (C=O) groups is 1. The summed E-state index contributed by atoms with van der Waals surface area (Å²) in [7, 11) is 0. The molecule has 1 amide bonds. The van der Waals surface area contributed by atoms with Gasteiger partial charge in [0, 0.05) is 6.20 Å². The fourth-order valence-corrected chi connectivity index (χ4v) is 1.81. The van der Waals surface area contributed by atoms with Crippen LogP contribution in [0.3, 0.4) is 0 Å². The minimum atomic E-state index is -0.579. The molecule has 20 heavy (non-hydrogen) atoms. The lowest BCUT2D eigenvalue weighted by Gasteiger charge is -2.08. The van der Waals surface area contributed by atoms with Gasteiger partial charge in [-0.3, -0.25) is 9.48 Å². The summed E-state index contributed by atoms with van der Waals surface area (Å²) in [5.74, 6) is -0.232. The van der Waals surface area contributed by atoms with Crippen molar-refractivity contribution in [3.63, 3.8) is 0 Å². The molecule has 0 fully saturated rings. The van der Waals surface area contributed by atoms with Gasteiger partial charge in [-0.25, -0.2) is 0 Å².